The van der Waals surface area contributed by atoms with E-state index >= 15 is 0 Å². The molecule has 0 radical (unpaired) electrons. The minimum absolute atomic E-state index is 0.465. The Morgan fingerprint density at radius 3 is 2.75 bits per heavy atom. The maximum atomic E-state index is 6.09. The Bertz CT molecular complexity index is 559. The topological polar surface area (TPSA) is 17.8 Å². The number of nitrogens with zero attached hydrogens (tertiary/aromatic N) is 2. The lowest BCUT2D eigenvalue weighted by atomic mass is 10.1. The molecular formula is C17H25ClN2. The molecular weight excluding hydrogens is 268 g/mol. The molecule has 0 bridgehead atoms. The van der Waals surface area contributed by atoms with Crippen molar-refractivity contribution in [2.45, 2.75) is 64.8 Å². The molecule has 0 amide bonds. The molecule has 0 fully saturated rings. The third-order valence-electron chi connectivity index (χ3n) is 3.95. The quantitative estimate of drug-likeness (QED) is 0.479. The van der Waals surface area contributed by atoms with E-state index in [1.54, 1.807) is 0 Å². The largest absolute Gasteiger partial charge is 0.324 e. The summed E-state index contributed by atoms with van der Waals surface area (Å²) in [5, 5.41) is 0. The zero-order valence-corrected chi connectivity index (χ0v) is 13.6. The van der Waals surface area contributed by atoms with Gasteiger partial charge in [0.1, 0.15) is 5.82 Å². The van der Waals surface area contributed by atoms with Crippen LogP contribution in [-0.4, -0.2) is 9.55 Å². The third-order valence-corrected chi connectivity index (χ3v) is 4.19. The molecule has 20 heavy (non-hydrogen) atoms. The first-order valence-electron chi connectivity index (χ1n) is 7.70. The maximum Gasteiger partial charge on any atom is 0.125 e. The molecule has 110 valence electrons. The van der Waals surface area contributed by atoms with Crippen LogP contribution in [-0.2, 0) is 5.88 Å². The highest BCUT2D eigenvalue weighted by Crippen LogP contribution is 2.26. The van der Waals surface area contributed by atoms with E-state index in [-0.39, 0.29) is 0 Å². The Balaban J connectivity index is 2.24. The molecule has 1 atom stereocenters. The van der Waals surface area contributed by atoms with Crippen LogP contribution in [0, 0.1) is 6.92 Å². The van der Waals surface area contributed by atoms with Crippen LogP contribution >= 0.6 is 11.6 Å². The van der Waals surface area contributed by atoms with E-state index in [2.05, 4.69) is 48.5 Å². The van der Waals surface area contributed by atoms with Crippen molar-refractivity contribution in [3.8, 4) is 0 Å². The van der Waals surface area contributed by atoms with E-state index in [9.17, 15) is 0 Å². The summed E-state index contributed by atoms with van der Waals surface area (Å²) in [6.07, 6.45) is 6.42. The number of hydrogen-bond donors (Lipinski definition) is 0. The summed E-state index contributed by atoms with van der Waals surface area (Å²) in [6.45, 7) is 6.66. The molecule has 0 saturated carbocycles. The number of benzene rings is 1. The summed E-state index contributed by atoms with van der Waals surface area (Å²) < 4.78 is 2.33. The molecule has 0 aliphatic heterocycles. The van der Waals surface area contributed by atoms with Gasteiger partial charge in [0.2, 0.25) is 0 Å². The van der Waals surface area contributed by atoms with Crippen molar-refractivity contribution in [2.75, 3.05) is 0 Å². The lowest BCUT2D eigenvalue weighted by molar-refractivity contribution is 0.473. The molecule has 3 heteroatoms. The summed E-state index contributed by atoms with van der Waals surface area (Å²) in [5.74, 6) is 1.47. The van der Waals surface area contributed by atoms with Crippen molar-refractivity contribution in [3.63, 3.8) is 0 Å². The van der Waals surface area contributed by atoms with Gasteiger partial charge in [-0.1, -0.05) is 38.7 Å². The number of halogens is 1. The van der Waals surface area contributed by atoms with Crippen LogP contribution < -0.4 is 0 Å². The van der Waals surface area contributed by atoms with E-state index in [0.717, 1.165) is 11.3 Å². The second-order valence-corrected chi connectivity index (χ2v) is 5.99. The zero-order chi connectivity index (χ0) is 14.5. The first-order chi connectivity index (χ1) is 9.67. The van der Waals surface area contributed by atoms with Gasteiger partial charge < -0.3 is 4.57 Å². The summed E-state index contributed by atoms with van der Waals surface area (Å²) >= 11 is 6.09. The monoisotopic (exact) mass is 292 g/mol. The molecule has 2 rings (SSSR count). The second-order valence-electron chi connectivity index (χ2n) is 5.72. The van der Waals surface area contributed by atoms with Crippen LogP contribution in [0.25, 0.3) is 11.0 Å². The minimum Gasteiger partial charge on any atom is -0.324 e. The van der Waals surface area contributed by atoms with Crippen LogP contribution in [0.5, 0.6) is 0 Å². The van der Waals surface area contributed by atoms with Crippen LogP contribution in [0.3, 0.4) is 0 Å². The molecule has 0 aliphatic carbocycles. The summed E-state index contributed by atoms with van der Waals surface area (Å²) in [6, 6.07) is 6.90. The second kappa shape index (κ2) is 7.12. The average Bonchev–Trinajstić information content (AvgIpc) is 2.81. The number of alkyl halides is 1. The van der Waals surface area contributed by atoms with Gasteiger partial charge in [-0.2, -0.15) is 0 Å². The van der Waals surface area contributed by atoms with Crippen molar-refractivity contribution < 1.29 is 0 Å². The molecule has 1 aromatic carbocycles. The minimum atomic E-state index is 0.465. The highest BCUT2D eigenvalue weighted by Gasteiger charge is 2.15. The smallest absolute Gasteiger partial charge is 0.125 e. The van der Waals surface area contributed by atoms with E-state index in [4.69, 9.17) is 11.6 Å². The highest BCUT2D eigenvalue weighted by atomic mass is 35.5. The van der Waals surface area contributed by atoms with Crippen molar-refractivity contribution >= 4 is 22.6 Å². The molecule has 1 heterocycles. The Kier molecular flexibility index (Phi) is 5.47. The molecule has 0 aliphatic rings. The average molecular weight is 293 g/mol. The number of unbranched alkanes of at least 4 members (excludes halogenated alkanes) is 3. The fourth-order valence-corrected chi connectivity index (χ4v) is 3.02. The number of aryl methyl sites for hydroxylation is 1. The number of rotatable bonds is 7. The van der Waals surface area contributed by atoms with Crippen LogP contribution in [0.4, 0.5) is 0 Å². The first kappa shape index (κ1) is 15.4. The van der Waals surface area contributed by atoms with Gasteiger partial charge in [0.05, 0.1) is 16.9 Å². The first-order valence-corrected chi connectivity index (χ1v) is 8.24. The highest BCUT2D eigenvalue weighted by molar-refractivity contribution is 6.16. The Morgan fingerprint density at radius 2 is 2.05 bits per heavy atom. The van der Waals surface area contributed by atoms with Gasteiger partial charge in [0.15, 0.2) is 0 Å². The lowest BCUT2D eigenvalue weighted by Gasteiger charge is -2.17. The van der Waals surface area contributed by atoms with Gasteiger partial charge in [0.25, 0.3) is 0 Å². The number of imidazole rings is 1. The van der Waals surface area contributed by atoms with Crippen LogP contribution in [0.2, 0.25) is 0 Å². The SMILES string of the molecule is CCCCCCC(C)n1c(CCl)nc2ccc(C)cc21. The molecule has 0 N–H and O–H groups in total. The van der Waals surface area contributed by atoms with Crippen molar-refractivity contribution in [1.29, 1.82) is 0 Å². The molecule has 1 aromatic heterocycles. The fraction of sp³-hybridized carbons (Fsp3) is 0.588. The van der Waals surface area contributed by atoms with Gasteiger partial charge in [0, 0.05) is 6.04 Å². The Morgan fingerprint density at radius 1 is 1.25 bits per heavy atom. The number of hydrogen-bond acceptors (Lipinski definition) is 1. The number of aromatic nitrogens is 2. The van der Waals surface area contributed by atoms with Gasteiger partial charge in [-0.3, -0.25) is 0 Å². The summed E-state index contributed by atoms with van der Waals surface area (Å²) in [4.78, 5) is 4.67. The molecule has 2 nitrogen and oxygen atoms in total. The maximum absolute atomic E-state index is 6.09. The standard InChI is InChI=1S/C17H25ClN2/c1-4-5-6-7-8-14(3)20-16-11-13(2)9-10-15(16)19-17(20)12-18/h9-11,14H,4-8,12H2,1-3H3. The fourth-order valence-electron chi connectivity index (χ4n) is 2.83. The molecule has 1 unspecified atom stereocenters. The summed E-state index contributed by atoms with van der Waals surface area (Å²) in [5.41, 5.74) is 3.56. The van der Waals surface area contributed by atoms with Crippen molar-refractivity contribution in [1.82, 2.24) is 9.55 Å². The van der Waals surface area contributed by atoms with Gasteiger partial charge in [-0.15, -0.1) is 11.6 Å². The van der Waals surface area contributed by atoms with Gasteiger partial charge in [-0.05, 0) is 38.0 Å². The predicted molar refractivity (Wildman–Crippen MR) is 87.5 cm³/mol. The van der Waals surface area contributed by atoms with E-state index in [0.29, 0.717) is 11.9 Å². The number of fused-ring (bicyclic) bond motifs is 1. The van der Waals surface area contributed by atoms with Crippen LogP contribution in [0.1, 0.15) is 63.4 Å². The van der Waals surface area contributed by atoms with Crippen molar-refractivity contribution in [3.05, 3.63) is 29.6 Å². The Labute approximate surface area is 127 Å². The van der Waals surface area contributed by atoms with E-state index < -0.39 is 0 Å². The zero-order valence-electron chi connectivity index (χ0n) is 12.8. The van der Waals surface area contributed by atoms with Crippen molar-refractivity contribution in [2.24, 2.45) is 0 Å². The molecule has 0 saturated heterocycles. The molecule has 2 aromatic rings. The normalized spacial score (nSPS) is 13.0. The Hall–Kier alpha value is -1.02. The van der Waals surface area contributed by atoms with Gasteiger partial charge in [-0.25, -0.2) is 4.98 Å². The van der Waals surface area contributed by atoms with Crippen LogP contribution in [0.15, 0.2) is 18.2 Å². The van der Waals surface area contributed by atoms with E-state index in [1.165, 1.54) is 43.2 Å². The summed E-state index contributed by atoms with van der Waals surface area (Å²) in [7, 11) is 0. The lowest BCUT2D eigenvalue weighted by Crippen LogP contribution is -2.08. The third kappa shape index (κ3) is 3.35. The molecule has 0 spiro atoms. The van der Waals surface area contributed by atoms with E-state index in [1.807, 2.05) is 0 Å². The van der Waals surface area contributed by atoms with Gasteiger partial charge >= 0.3 is 0 Å². The predicted octanol–water partition coefficient (Wildman–Crippen LogP) is 5.61.